The van der Waals surface area contributed by atoms with Gasteiger partial charge < -0.3 is 14.6 Å². The highest BCUT2D eigenvalue weighted by molar-refractivity contribution is 5.06. The van der Waals surface area contributed by atoms with E-state index in [2.05, 4.69) is 0 Å². The number of alkyl halides is 4. The van der Waals surface area contributed by atoms with Crippen LogP contribution in [0.15, 0.2) is 21.9 Å². The molecule has 0 aliphatic carbocycles. The summed E-state index contributed by atoms with van der Waals surface area (Å²) in [6, 6.07) is 0.826. The van der Waals surface area contributed by atoms with Crippen molar-refractivity contribution < 1.29 is 32.1 Å². The van der Waals surface area contributed by atoms with E-state index >= 15 is 0 Å². The second-order valence-electron chi connectivity index (χ2n) is 6.21. The molecule has 142 valence electrons. The van der Waals surface area contributed by atoms with Crippen LogP contribution in [0.3, 0.4) is 0 Å². The van der Waals surface area contributed by atoms with Gasteiger partial charge in [-0.05, 0) is 5.92 Å². The summed E-state index contributed by atoms with van der Waals surface area (Å²) in [4.78, 5) is 24.5. The van der Waals surface area contributed by atoms with Crippen LogP contribution in [0.4, 0.5) is 17.6 Å². The average molecular weight is 370 g/mol. The average Bonchev–Trinajstić information content (AvgIpc) is 2.73. The Labute approximate surface area is 139 Å². The van der Waals surface area contributed by atoms with Crippen LogP contribution >= 0.6 is 0 Å². The molecule has 7 nitrogen and oxygen atoms in total. The lowest BCUT2D eigenvalue weighted by atomic mass is 9.96. The number of hydrogen-bond acceptors (Lipinski definition) is 5. The van der Waals surface area contributed by atoms with Crippen LogP contribution in [-0.2, 0) is 9.47 Å². The number of halogens is 4. The van der Waals surface area contributed by atoms with E-state index in [1.54, 1.807) is 18.8 Å². The topological polar surface area (TPSA) is 93.5 Å². The smallest absolute Gasteiger partial charge is 0.386 e. The number of nitrogens with one attached hydrogen (secondary N) is 1. The zero-order valence-electron chi connectivity index (χ0n) is 13.4. The third kappa shape index (κ3) is 3.62. The zero-order chi connectivity index (χ0) is 19.0. The van der Waals surface area contributed by atoms with E-state index in [0.717, 1.165) is 12.3 Å². The first-order chi connectivity index (χ1) is 11.5. The summed E-state index contributed by atoms with van der Waals surface area (Å²) < 4.78 is 65.2. The lowest BCUT2D eigenvalue weighted by molar-refractivity contribution is -0.310. The molecule has 0 spiro atoms. The Morgan fingerprint density at radius 1 is 1.44 bits per heavy atom. The van der Waals surface area contributed by atoms with Crippen molar-refractivity contribution in [1.82, 2.24) is 9.55 Å². The normalized spacial score (nSPS) is 30.2. The van der Waals surface area contributed by atoms with Crippen LogP contribution in [0.25, 0.3) is 0 Å². The fourth-order valence-electron chi connectivity index (χ4n) is 2.48. The number of ether oxygens (including phenoxy) is 2. The number of H-pyrrole nitrogens is 1. The van der Waals surface area contributed by atoms with Crippen molar-refractivity contribution in [2.24, 2.45) is 5.92 Å². The number of hydrogen-bond donors (Lipinski definition) is 2. The summed E-state index contributed by atoms with van der Waals surface area (Å²) in [7, 11) is 0. The van der Waals surface area contributed by atoms with Gasteiger partial charge in [-0.25, -0.2) is 9.18 Å². The number of aromatic nitrogens is 2. The van der Waals surface area contributed by atoms with Gasteiger partial charge in [-0.2, -0.15) is 13.2 Å². The Balaban J connectivity index is 2.38. The largest absolute Gasteiger partial charge is 0.422 e. The van der Waals surface area contributed by atoms with Crippen LogP contribution in [0, 0.1) is 5.92 Å². The first-order valence-corrected chi connectivity index (χ1v) is 7.45. The molecule has 11 heteroatoms. The summed E-state index contributed by atoms with van der Waals surface area (Å²) >= 11 is 0. The molecule has 2 N–H and O–H groups in total. The molecule has 0 radical (unpaired) electrons. The summed E-state index contributed by atoms with van der Waals surface area (Å²) in [5.74, 6) is -0.0948. The van der Waals surface area contributed by atoms with Crippen LogP contribution in [0.1, 0.15) is 20.1 Å². The molecule has 1 aromatic rings. The molecule has 1 aliphatic rings. The van der Waals surface area contributed by atoms with Gasteiger partial charge >= 0.3 is 11.9 Å². The van der Waals surface area contributed by atoms with Crippen molar-refractivity contribution in [3.8, 4) is 0 Å². The highest BCUT2D eigenvalue weighted by Crippen LogP contribution is 2.48. The molecule has 0 amide bonds. The summed E-state index contributed by atoms with van der Waals surface area (Å²) in [5.41, 5.74) is -5.30. The lowest BCUT2D eigenvalue weighted by Crippen LogP contribution is -2.57. The van der Waals surface area contributed by atoms with Crippen molar-refractivity contribution in [2.45, 2.75) is 44.1 Å². The molecule has 25 heavy (non-hydrogen) atoms. The molecule has 4 atom stereocenters. The second kappa shape index (κ2) is 6.89. The zero-order valence-corrected chi connectivity index (χ0v) is 13.4. The van der Waals surface area contributed by atoms with Gasteiger partial charge in [0.1, 0.15) is 6.10 Å². The Bertz CT molecular complexity index is 716. The van der Waals surface area contributed by atoms with Gasteiger partial charge in [-0.15, -0.1) is 0 Å². The number of nitrogens with zero attached hydrogens (tertiary/aromatic N) is 1. The molecule has 1 aromatic heterocycles. The highest BCUT2D eigenvalue weighted by atomic mass is 19.4. The van der Waals surface area contributed by atoms with Gasteiger partial charge in [0.05, 0.1) is 6.61 Å². The Morgan fingerprint density at radius 2 is 2.08 bits per heavy atom. The minimum absolute atomic E-state index is 0.0614. The van der Waals surface area contributed by atoms with E-state index in [-0.39, 0.29) is 12.5 Å². The van der Waals surface area contributed by atoms with E-state index in [1.807, 2.05) is 0 Å². The third-order valence-corrected chi connectivity index (χ3v) is 3.76. The number of rotatable bonds is 5. The van der Waals surface area contributed by atoms with Crippen LogP contribution < -0.4 is 11.2 Å². The molecular weight excluding hydrogens is 352 g/mol. The summed E-state index contributed by atoms with van der Waals surface area (Å²) in [6.45, 7) is 2.21. The lowest BCUT2D eigenvalue weighted by Gasteiger charge is -2.33. The molecule has 1 saturated heterocycles. The van der Waals surface area contributed by atoms with E-state index < -0.39 is 48.1 Å². The molecule has 0 unspecified atom stereocenters. The molecule has 1 aliphatic heterocycles. The van der Waals surface area contributed by atoms with Gasteiger partial charge in [0.2, 0.25) is 5.60 Å². The minimum atomic E-state index is -5.16. The van der Waals surface area contributed by atoms with Crippen molar-refractivity contribution >= 4 is 0 Å². The monoisotopic (exact) mass is 370 g/mol. The van der Waals surface area contributed by atoms with Crippen molar-refractivity contribution in [1.29, 1.82) is 0 Å². The van der Waals surface area contributed by atoms with Crippen molar-refractivity contribution in [2.75, 3.05) is 13.2 Å². The van der Waals surface area contributed by atoms with E-state index in [4.69, 9.17) is 9.47 Å². The molecule has 0 aromatic carbocycles. The van der Waals surface area contributed by atoms with Crippen molar-refractivity contribution in [3.05, 3.63) is 33.1 Å². The molecular formula is C14H18F4N2O5. The quantitative estimate of drug-likeness (QED) is 0.746. The van der Waals surface area contributed by atoms with E-state index in [0.29, 0.717) is 4.57 Å². The van der Waals surface area contributed by atoms with Gasteiger partial charge in [0, 0.05) is 18.9 Å². The van der Waals surface area contributed by atoms with Gasteiger partial charge in [-0.1, -0.05) is 13.8 Å². The fourth-order valence-corrected chi connectivity index (χ4v) is 2.48. The number of aromatic amines is 1. The molecule has 0 bridgehead atoms. The van der Waals surface area contributed by atoms with Gasteiger partial charge in [0.25, 0.3) is 5.56 Å². The highest BCUT2D eigenvalue weighted by Gasteiger charge is 2.70. The van der Waals surface area contributed by atoms with E-state index in [9.17, 15) is 32.3 Å². The fraction of sp³-hybridized carbons (Fsp3) is 0.714. The number of aliphatic hydroxyl groups is 1. The first kappa shape index (κ1) is 19.6. The summed E-state index contributed by atoms with van der Waals surface area (Å²) in [6.07, 6.45) is -11.6. The van der Waals surface area contributed by atoms with Crippen molar-refractivity contribution in [3.63, 3.8) is 0 Å². The number of aliphatic hydroxyl groups excluding tert-OH is 1. The Morgan fingerprint density at radius 3 is 2.60 bits per heavy atom. The predicted octanol–water partition coefficient (Wildman–Crippen LogP) is 0.738. The maximum Gasteiger partial charge on any atom is 0.422 e. The Hall–Kier alpha value is -1.72. The van der Waals surface area contributed by atoms with E-state index in [1.165, 1.54) is 0 Å². The van der Waals surface area contributed by atoms with Gasteiger partial charge in [0.15, 0.2) is 12.4 Å². The molecule has 0 saturated carbocycles. The second-order valence-corrected chi connectivity index (χ2v) is 6.21. The standard InChI is InChI=1S/C14H18F4N2O5/c1-7(2)5-24-6-13(14(16,17)18)10(22)9(15)11(25-13)20-4-3-8(21)19-12(20)23/h3-4,7,9-11,22H,5-6H2,1-2H3,(H,19,21,23)/t9-,10+,11-,13-/m1/s1. The van der Waals surface area contributed by atoms with Crippen LogP contribution in [0.2, 0.25) is 0 Å². The van der Waals surface area contributed by atoms with Crippen LogP contribution in [0.5, 0.6) is 0 Å². The minimum Gasteiger partial charge on any atom is -0.386 e. The summed E-state index contributed by atoms with van der Waals surface area (Å²) in [5, 5.41) is 9.90. The predicted molar refractivity (Wildman–Crippen MR) is 76.8 cm³/mol. The molecule has 2 rings (SSSR count). The first-order valence-electron chi connectivity index (χ1n) is 7.45. The molecule has 2 heterocycles. The third-order valence-electron chi connectivity index (χ3n) is 3.76. The maximum absolute atomic E-state index is 14.4. The van der Waals surface area contributed by atoms with Gasteiger partial charge in [-0.3, -0.25) is 14.3 Å². The Kier molecular flexibility index (Phi) is 5.40. The SMILES string of the molecule is CC(C)COC[C@@]1(C(F)(F)F)O[C@@H](n2ccc(=O)[nH]c2=O)[C@H](F)[C@@H]1O. The van der Waals surface area contributed by atoms with Crippen LogP contribution in [-0.4, -0.2) is 51.9 Å². The molecule has 1 fully saturated rings. The maximum atomic E-state index is 14.4.